The van der Waals surface area contributed by atoms with Gasteiger partial charge in [-0.15, -0.1) is 0 Å². The number of halogens is 1. The second-order valence-corrected chi connectivity index (χ2v) is 5.69. The molecule has 0 bridgehead atoms. The summed E-state index contributed by atoms with van der Waals surface area (Å²) in [5.74, 6) is 0.423. The Morgan fingerprint density at radius 1 is 1.57 bits per heavy atom. The number of phenols is 1. The largest absolute Gasteiger partial charge is 0.506 e. The number of nitrogens with zero attached hydrogens (tertiary/aromatic N) is 1. The number of nitrogens with one attached hydrogen (secondary N) is 2. The molecule has 0 atom stereocenters. The van der Waals surface area contributed by atoms with Crippen molar-refractivity contribution in [2.24, 2.45) is 5.10 Å². The molecule has 9 heteroatoms. The van der Waals surface area contributed by atoms with E-state index in [1.165, 1.54) is 19.4 Å². The monoisotopic (exact) mass is 399 g/mol. The molecule has 0 unspecified atom stereocenters. The van der Waals surface area contributed by atoms with Gasteiger partial charge >= 0.3 is 0 Å². The average molecular weight is 400 g/mol. The number of fused-ring (bicyclic) bond motifs is 1. The Labute approximate surface area is 145 Å². The Bertz CT molecular complexity index is 863. The molecule has 0 fully saturated rings. The summed E-state index contributed by atoms with van der Waals surface area (Å²) in [6, 6.07) is 1.35. The van der Waals surface area contributed by atoms with Crippen molar-refractivity contribution in [3.63, 3.8) is 0 Å². The number of methoxy groups -OCH3 is 1. The van der Waals surface area contributed by atoms with Crippen molar-refractivity contribution in [1.82, 2.24) is 10.7 Å². The molecule has 1 heterocycles. The highest BCUT2D eigenvalue weighted by molar-refractivity contribution is 9.10. The quantitative estimate of drug-likeness (QED) is 0.412. The molecule has 0 spiro atoms. The highest BCUT2D eigenvalue weighted by atomic mass is 79.9. The van der Waals surface area contributed by atoms with Gasteiger partial charge in [0, 0.05) is 13.1 Å². The third kappa shape index (κ3) is 3.30. The van der Waals surface area contributed by atoms with E-state index in [1.807, 2.05) is 0 Å². The highest BCUT2D eigenvalue weighted by Gasteiger charge is 2.21. The second kappa shape index (κ2) is 6.97. The third-order valence-electron chi connectivity index (χ3n) is 3.00. The second-order valence-electron chi connectivity index (χ2n) is 4.48. The zero-order chi connectivity index (χ0) is 17.1. The van der Waals surface area contributed by atoms with Gasteiger partial charge in [-0.2, -0.15) is 5.10 Å². The number of aromatic hydroxyl groups is 1. The van der Waals surface area contributed by atoms with Crippen LogP contribution in [-0.4, -0.2) is 30.6 Å². The van der Waals surface area contributed by atoms with Crippen LogP contribution in [0.25, 0.3) is 11.0 Å². The van der Waals surface area contributed by atoms with Gasteiger partial charge in [0.2, 0.25) is 0 Å². The fourth-order valence-electron chi connectivity index (χ4n) is 1.99. The van der Waals surface area contributed by atoms with E-state index in [-0.39, 0.29) is 37.9 Å². The first kappa shape index (κ1) is 17.2. The summed E-state index contributed by atoms with van der Waals surface area (Å²) in [6.45, 7) is 1.65. The van der Waals surface area contributed by atoms with Crippen LogP contribution in [0.5, 0.6) is 11.5 Å². The molecule has 7 nitrogen and oxygen atoms in total. The zero-order valence-electron chi connectivity index (χ0n) is 12.6. The van der Waals surface area contributed by atoms with Crippen LogP contribution < -0.4 is 20.9 Å². The standard InChI is InChI=1S/C14H14BrN3O4S/c1-6-4-8(19)9-12(21-3)7(5-17-18-14(23)16-2)11(20)10(15)13(9)22-6/h4-5,20H,1-3H3,(H2,16,18,23)/b17-5+. The van der Waals surface area contributed by atoms with Gasteiger partial charge in [0.15, 0.2) is 16.1 Å². The molecule has 1 aromatic heterocycles. The van der Waals surface area contributed by atoms with Gasteiger partial charge in [-0.1, -0.05) is 0 Å². The third-order valence-corrected chi connectivity index (χ3v) is 4.03. The molecular weight excluding hydrogens is 386 g/mol. The van der Waals surface area contributed by atoms with Crippen LogP contribution in [0, 0.1) is 6.92 Å². The molecule has 2 aromatic rings. The molecule has 2 rings (SSSR count). The minimum Gasteiger partial charge on any atom is -0.506 e. The number of ether oxygens (including phenoxy) is 1. The molecule has 3 N–H and O–H groups in total. The van der Waals surface area contributed by atoms with Crippen LogP contribution in [-0.2, 0) is 0 Å². The van der Waals surface area contributed by atoms with E-state index >= 15 is 0 Å². The number of rotatable bonds is 3. The lowest BCUT2D eigenvalue weighted by Crippen LogP contribution is -2.28. The number of thiocarbonyl (C=S) groups is 1. The normalized spacial score (nSPS) is 11.0. The van der Waals surface area contributed by atoms with Crippen LogP contribution in [0.1, 0.15) is 11.3 Å². The van der Waals surface area contributed by atoms with Gasteiger partial charge in [-0.25, -0.2) is 0 Å². The summed E-state index contributed by atoms with van der Waals surface area (Å²) in [7, 11) is 3.04. The lowest BCUT2D eigenvalue weighted by Gasteiger charge is -2.12. The molecule has 0 aliphatic rings. The van der Waals surface area contributed by atoms with Crippen LogP contribution >= 0.6 is 28.1 Å². The molecule has 0 aliphatic carbocycles. The first-order chi connectivity index (χ1) is 10.9. The van der Waals surface area contributed by atoms with Crippen molar-refractivity contribution in [3.05, 3.63) is 32.1 Å². The van der Waals surface area contributed by atoms with E-state index in [9.17, 15) is 9.90 Å². The molecule has 0 saturated heterocycles. The van der Waals surface area contributed by atoms with E-state index in [4.69, 9.17) is 21.4 Å². The Hall–Kier alpha value is -2.13. The summed E-state index contributed by atoms with van der Waals surface area (Å²) < 4.78 is 11.1. The first-order valence-electron chi connectivity index (χ1n) is 6.44. The molecule has 0 amide bonds. The molecule has 23 heavy (non-hydrogen) atoms. The van der Waals surface area contributed by atoms with Gasteiger partial charge in [0.1, 0.15) is 27.1 Å². The topological polar surface area (TPSA) is 96.1 Å². The molecular formula is C14H14BrN3O4S. The smallest absolute Gasteiger partial charge is 0.196 e. The Morgan fingerprint density at radius 2 is 2.26 bits per heavy atom. The summed E-state index contributed by atoms with van der Waals surface area (Å²) >= 11 is 8.14. The number of hydrazone groups is 1. The minimum absolute atomic E-state index is 0.162. The fraction of sp³-hybridized carbons (Fsp3) is 0.214. The van der Waals surface area contributed by atoms with Crippen molar-refractivity contribution in [2.45, 2.75) is 6.92 Å². The predicted octanol–water partition coefficient (Wildman–Crippen LogP) is 2.01. The van der Waals surface area contributed by atoms with Crippen LogP contribution in [0.15, 0.2) is 24.9 Å². The maximum Gasteiger partial charge on any atom is 0.196 e. The van der Waals surface area contributed by atoms with Crippen LogP contribution in [0.3, 0.4) is 0 Å². The Kier molecular flexibility index (Phi) is 5.22. The molecule has 0 aliphatic heterocycles. The summed E-state index contributed by atoms with van der Waals surface area (Å²) in [5.41, 5.74) is 2.70. The van der Waals surface area contributed by atoms with Crippen molar-refractivity contribution < 1.29 is 14.3 Å². The molecule has 1 aromatic carbocycles. The van der Waals surface area contributed by atoms with Gasteiger partial charge in [-0.3, -0.25) is 10.2 Å². The summed E-state index contributed by atoms with van der Waals surface area (Å²) in [4.78, 5) is 12.3. The lowest BCUT2D eigenvalue weighted by molar-refractivity contribution is 0.409. The number of benzene rings is 1. The van der Waals surface area contributed by atoms with E-state index in [1.54, 1.807) is 14.0 Å². The van der Waals surface area contributed by atoms with Crippen molar-refractivity contribution in [1.29, 1.82) is 0 Å². The van der Waals surface area contributed by atoms with E-state index in [0.717, 1.165) is 0 Å². The minimum atomic E-state index is -0.283. The Balaban J connectivity index is 2.73. The van der Waals surface area contributed by atoms with Gasteiger partial charge < -0.3 is 19.6 Å². The van der Waals surface area contributed by atoms with Gasteiger partial charge in [0.05, 0.1) is 18.9 Å². The predicted molar refractivity (Wildman–Crippen MR) is 95.5 cm³/mol. The van der Waals surface area contributed by atoms with Crippen molar-refractivity contribution >= 4 is 50.4 Å². The molecule has 0 saturated carbocycles. The van der Waals surface area contributed by atoms with Crippen LogP contribution in [0.4, 0.5) is 0 Å². The zero-order valence-corrected chi connectivity index (χ0v) is 15.0. The van der Waals surface area contributed by atoms with Crippen LogP contribution in [0.2, 0.25) is 0 Å². The summed E-state index contributed by atoms with van der Waals surface area (Å²) in [5, 5.41) is 17.5. The lowest BCUT2D eigenvalue weighted by atomic mass is 10.1. The fourth-order valence-corrected chi connectivity index (χ4v) is 2.54. The first-order valence-corrected chi connectivity index (χ1v) is 7.64. The average Bonchev–Trinajstić information content (AvgIpc) is 2.52. The SMILES string of the molecule is CNC(=S)N/N=C/c1c(O)c(Br)c2oc(C)cc(=O)c2c1OC. The van der Waals surface area contributed by atoms with E-state index < -0.39 is 0 Å². The number of phenolic OH excluding ortho intramolecular Hbond substituents is 1. The number of hydrogen-bond acceptors (Lipinski definition) is 6. The van der Waals surface area contributed by atoms with Crippen molar-refractivity contribution in [3.8, 4) is 11.5 Å². The van der Waals surface area contributed by atoms with Crippen molar-refractivity contribution in [2.75, 3.05) is 14.2 Å². The maximum atomic E-state index is 12.3. The summed E-state index contributed by atoms with van der Waals surface area (Å²) in [6.07, 6.45) is 1.31. The van der Waals surface area contributed by atoms with Gasteiger partial charge in [-0.05, 0) is 35.1 Å². The molecule has 0 radical (unpaired) electrons. The molecule has 122 valence electrons. The number of hydrogen-bond donors (Lipinski definition) is 3. The Morgan fingerprint density at radius 3 is 2.87 bits per heavy atom. The highest BCUT2D eigenvalue weighted by Crippen LogP contribution is 2.41. The number of aryl methyl sites for hydroxylation is 1. The van der Waals surface area contributed by atoms with E-state index in [0.29, 0.717) is 10.9 Å². The van der Waals surface area contributed by atoms with Gasteiger partial charge in [0.25, 0.3) is 0 Å². The van der Waals surface area contributed by atoms with E-state index in [2.05, 4.69) is 31.8 Å². The maximum absolute atomic E-state index is 12.3.